The number of benzene rings is 2. The highest BCUT2D eigenvalue weighted by atomic mass is 35.5. The minimum atomic E-state index is -4.09. The van der Waals surface area contributed by atoms with Gasteiger partial charge in [-0.2, -0.15) is 4.72 Å². The van der Waals surface area contributed by atoms with Crippen molar-refractivity contribution in [3.05, 3.63) is 65.2 Å². The number of ether oxygens (including phenoxy) is 1. The summed E-state index contributed by atoms with van der Waals surface area (Å²) >= 11 is 6.24. The van der Waals surface area contributed by atoms with Gasteiger partial charge in [0.25, 0.3) is 0 Å². The van der Waals surface area contributed by atoms with E-state index in [-0.39, 0.29) is 17.1 Å². The molecule has 6 nitrogen and oxygen atoms in total. The SMILES string of the molecule is CCOC(=O)C(NS(=O)(=O)c1ccc(C)cc1)C(Cl)C(=O)c1ccc(C)cc1. The fourth-order valence-electron chi connectivity index (χ4n) is 2.44. The summed E-state index contributed by atoms with van der Waals surface area (Å²) in [6.07, 6.45) is 0. The summed E-state index contributed by atoms with van der Waals surface area (Å²) in [4.78, 5) is 25.0. The van der Waals surface area contributed by atoms with Crippen LogP contribution in [0, 0.1) is 13.8 Å². The maximum atomic E-state index is 12.7. The van der Waals surface area contributed by atoms with E-state index >= 15 is 0 Å². The number of rotatable bonds is 8. The van der Waals surface area contributed by atoms with Crippen molar-refractivity contribution >= 4 is 33.4 Å². The molecule has 28 heavy (non-hydrogen) atoms. The van der Waals surface area contributed by atoms with E-state index in [1.54, 1.807) is 43.3 Å². The normalized spacial score (nSPS) is 13.6. The Bertz CT molecular complexity index is 940. The molecule has 0 saturated carbocycles. The summed E-state index contributed by atoms with van der Waals surface area (Å²) in [6, 6.07) is 11.1. The Morgan fingerprint density at radius 3 is 2.00 bits per heavy atom. The number of ketones is 1. The molecule has 0 fully saturated rings. The molecule has 2 aromatic carbocycles. The molecule has 0 aromatic heterocycles. The molecule has 2 unspecified atom stereocenters. The number of carbonyl (C=O) groups excluding carboxylic acids is 2. The number of Topliss-reactive ketones (excluding diaryl/α,β-unsaturated/α-hetero) is 1. The van der Waals surface area contributed by atoms with E-state index in [2.05, 4.69) is 4.72 Å². The number of carbonyl (C=O) groups is 2. The standard InChI is InChI=1S/C20H22ClNO5S/c1-4-27-20(24)18(17(21)19(23)15-9-5-13(2)6-10-15)22-28(25,26)16-11-7-14(3)8-12-16/h5-12,17-18,22H,4H2,1-3H3. The molecular formula is C20H22ClNO5S. The van der Waals surface area contributed by atoms with Gasteiger partial charge < -0.3 is 4.74 Å². The van der Waals surface area contributed by atoms with Crippen LogP contribution in [-0.2, 0) is 19.6 Å². The minimum absolute atomic E-state index is 0.0178. The molecule has 0 bridgehead atoms. The Kier molecular flexibility index (Phi) is 7.35. The lowest BCUT2D eigenvalue weighted by Crippen LogP contribution is -2.50. The van der Waals surface area contributed by atoms with Gasteiger partial charge in [-0.05, 0) is 32.9 Å². The predicted octanol–water partition coefficient (Wildman–Crippen LogP) is 3.00. The zero-order valence-corrected chi connectivity index (χ0v) is 17.4. The Morgan fingerprint density at radius 1 is 1.00 bits per heavy atom. The third kappa shape index (κ3) is 5.41. The average molecular weight is 424 g/mol. The van der Waals surface area contributed by atoms with Crippen molar-refractivity contribution in [1.82, 2.24) is 4.72 Å². The van der Waals surface area contributed by atoms with Gasteiger partial charge in [-0.15, -0.1) is 11.6 Å². The zero-order valence-electron chi connectivity index (χ0n) is 15.8. The van der Waals surface area contributed by atoms with E-state index in [4.69, 9.17) is 16.3 Å². The van der Waals surface area contributed by atoms with Crippen LogP contribution in [0.1, 0.15) is 28.4 Å². The zero-order chi connectivity index (χ0) is 20.9. The van der Waals surface area contributed by atoms with Gasteiger partial charge in [-0.25, -0.2) is 8.42 Å². The highest BCUT2D eigenvalue weighted by molar-refractivity contribution is 7.89. The molecule has 2 atom stereocenters. The summed E-state index contributed by atoms with van der Waals surface area (Å²) < 4.78 is 32.5. The van der Waals surface area contributed by atoms with E-state index in [0.29, 0.717) is 0 Å². The number of aryl methyl sites for hydroxylation is 2. The third-order valence-corrected chi connectivity index (χ3v) is 5.94. The second-order valence-corrected chi connectivity index (χ2v) is 8.48. The van der Waals surface area contributed by atoms with Gasteiger partial charge in [0, 0.05) is 5.56 Å². The van der Waals surface area contributed by atoms with Gasteiger partial charge in [0.1, 0.15) is 11.4 Å². The molecule has 0 aliphatic carbocycles. The van der Waals surface area contributed by atoms with Gasteiger partial charge in [-0.1, -0.05) is 47.5 Å². The van der Waals surface area contributed by atoms with Crippen molar-refractivity contribution < 1.29 is 22.7 Å². The van der Waals surface area contributed by atoms with Gasteiger partial charge in [0.05, 0.1) is 11.5 Å². The Labute approximate surface area is 169 Å². The van der Waals surface area contributed by atoms with E-state index in [9.17, 15) is 18.0 Å². The lowest BCUT2D eigenvalue weighted by atomic mass is 10.0. The van der Waals surface area contributed by atoms with E-state index in [1.807, 2.05) is 13.8 Å². The van der Waals surface area contributed by atoms with Crippen LogP contribution in [0.15, 0.2) is 53.4 Å². The second-order valence-electron chi connectivity index (χ2n) is 6.30. The first-order valence-electron chi connectivity index (χ1n) is 8.66. The molecule has 1 N–H and O–H groups in total. The summed E-state index contributed by atoms with van der Waals surface area (Å²) in [5, 5.41) is -1.47. The van der Waals surface area contributed by atoms with Crippen molar-refractivity contribution in [2.75, 3.05) is 6.61 Å². The van der Waals surface area contributed by atoms with Gasteiger partial charge in [0.2, 0.25) is 10.0 Å². The molecule has 0 spiro atoms. The minimum Gasteiger partial charge on any atom is -0.465 e. The molecule has 0 radical (unpaired) electrons. The van der Waals surface area contributed by atoms with Crippen LogP contribution >= 0.6 is 11.6 Å². The molecule has 150 valence electrons. The van der Waals surface area contributed by atoms with Gasteiger partial charge >= 0.3 is 5.97 Å². The monoisotopic (exact) mass is 423 g/mol. The average Bonchev–Trinajstić information content (AvgIpc) is 2.66. The molecule has 0 aliphatic rings. The lowest BCUT2D eigenvalue weighted by molar-refractivity contribution is -0.144. The highest BCUT2D eigenvalue weighted by Crippen LogP contribution is 2.18. The molecule has 0 heterocycles. The summed E-state index contributed by atoms with van der Waals surface area (Å²) in [5.41, 5.74) is 2.10. The maximum Gasteiger partial charge on any atom is 0.326 e. The second kappa shape index (κ2) is 9.32. The maximum absolute atomic E-state index is 12.7. The van der Waals surface area contributed by atoms with Crippen molar-refractivity contribution in [2.45, 2.75) is 37.1 Å². The number of esters is 1. The van der Waals surface area contributed by atoms with E-state index in [1.165, 1.54) is 12.1 Å². The molecule has 8 heteroatoms. The van der Waals surface area contributed by atoms with E-state index < -0.39 is 33.2 Å². The van der Waals surface area contributed by atoms with Crippen molar-refractivity contribution in [1.29, 1.82) is 0 Å². The number of hydrogen-bond donors (Lipinski definition) is 1. The first-order chi connectivity index (χ1) is 13.2. The smallest absolute Gasteiger partial charge is 0.326 e. The Morgan fingerprint density at radius 2 is 1.50 bits per heavy atom. The molecule has 2 aromatic rings. The van der Waals surface area contributed by atoms with Crippen LogP contribution < -0.4 is 4.72 Å². The third-order valence-electron chi connectivity index (χ3n) is 4.03. The highest BCUT2D eigenvalue weighted by Gasteiger charge is 2.37. The number of hydrogen-bond acceptors (Lipinski definition) is 5. The fourth-order valence-corrected chi connectivity index (χ4v) is 4.00. The fraction of sp³-hybridized carbons (Fsp3) is 0.300. The topological polar surface area (TPSA) is 89.5 Å². The molecule has 0 aliphatic heterocycles. The van der Waals surface area contributed by atoms with Crippen molar-refractivity contribution in [2.24, 2.45) is 0 Å². The Balaban J connectivity index is 2.33. The molecule has 0 saturated heterocycles. The van der Waals surface area contributed by atoms with Crippen molar-refractivity contribution in [3.63, 3.8) is 0 Å². The predicted molar refractivity (Wildman–Crippen MR) is 107 cm³/mol. The number of halogens is 1. The molecule has 2 rings (SSSR count). The van der Waals surface area contributed by atoms with Crippen LogP contribution in [0.3, 0.4) is 0 Å². The van der Waals surface area contributed by atoms with Crippen LogP contribution in [0.2, 0.25) is 0 Å². The van der Waals surface area contributed by atoms with Crippen LogP contribution in [0.5, 0.6) is 0 Å². The molecular weight excluding hydrogens is 402 g/mol. The number of sulfonamides is 1. The van der Waals surface area contributed by atoms with Gasteiger partial charge in [-0.3, -0.25) is 9.59 Å². The largest absolute Gasteiger partial charge is 0.465 e. The summed E-state index contributed by atoms with van der Waals surface area (Å²) in [5.74, 6) is -1.50. The number of nitrogens with one attached hydrogen (secondary N) is 1. The van der Waals surface area contributed by atoms with Crippen LogP contribution in [0.25, 0.3) is 0 Å². The Hall–Kier alpha value is -2.22. The first-order valence-corrected chi connectivity index (χ1v) is 10.6. The van der Waals surface area contributed by atoms with Gasteiger partial charge in [0.15, 0.2) is 5.78 Å². The van der Waals surface area contributed by atoms with E-state index in [0.717, 1.165) is 11.1 Å². The van der Waals surface area contributed by atoms with Crippen molar-refractivity contribution in [3.8, 4) is 0 Å². The molecule has 0 amide bonds. The lowest BCUT2D eigenvalue weighted by Gasteiger charge is -2.21. The summed E-state index contributed by atoms with van der Waals surface area (Å²) in [6.45, 7) is 5.28. The van der Waals surface area contributed by atoms with Crippen LogP contribution in [0.4, 0.5) is 0 Å². The number of alkyl halides is 1. The first kappa shape index (κ1) is 22.1. The summed E-state index contributed by atoms with van der Waals surface area (Å²) in [7, 11) is -4.09. The quantitative estimate of drug-likeness (QED) is 0.400. The van der Waals surface area contributed by atoms with Crippen LogP contribution in [-0.4, -0.2) is 38.2 Å².